The second-order valence-corrected chi connectivity index (χ2v) is 3.86. The summed E-state index contributed by atoms with van der Waals surface area (Å²) in [5.74, 6) is -0.971. The van der Waals surface area contributed by atoms with Gasteiger partial charge in [0.15, 0.2) is 5.96 Å². The molecule has 98 valence electrons. The minimum Gasteiger partial charge on any atom is -0.506 e. The molecule has 0 aliphatic rings. The highest BCUT2D eigenvalue weighted by Crippen LogP contribution is 2.42. The van der Waals surface area contributed by atoms with Gasteiger partial charge in [-0.2, -0.15) is 0 Å². The number of guanidine groups is 1. The molecule has 0 saturated carbocycles. The molecule has 0 heterocycles. The van der Waals surface area contributed by atoms with E-state index in [1.807, 2.05) is 0 Å². The molecule has 0 aromatic heterocycles. The van der Waals surface area contributed by atoms with E-state index in [0.717, 1.165) is 6.07 Å². The number of nitrogens with zero attached hydrogens (tertiary/aromatic N) is 1. The number of halogens is 2. The van der Waals surface area contributed by atoms with Crippen LogP contribution in [0.1, 0.15) is 0 Å². The van der Waals surface area contributed by atoms with Crippen LogP contribution in [0, 0.1) is 0 Å². The van der Waals surface area contributed by atoms with Crippen LogP contribution in [-0.2, 0) is 0 Å². The van der Waals surface area contributed by atoms with Crippen LogP contribution in [0.15, 0.2) is 11.1 Å². The number of carbonyl (C=O) groups excluding carboxylic acids is 1. The van der Waals surface area contributed by atoms with Gasteiger partial charge in [-0.25, -0.2) is 4.79 Å². The number of carbonyl (C=O) groups is 1. The third-order valence-corrected chi connectivity index (χ3v) is 2.65. The van der Waals surface area contributed by atoms with Crippen LogP contribution in [0.5, 0.6) is 11.5 Å². The van der Waals surface area contributed by atoms with Gasteiger partial charge in [0, 0.05) is 13.1 Å². The zero-order chi connectivity index (χ0) is 13.9. The van der Waals surface area contributed by atoms with Crippen molar-refractivity contribution < 1.29 is 15.0 Å². The van der Waals surface area contributed by atoms with Crippen LogP contribution in [-0.4, -0.2) is 29.3 Å². The maximum atomic E-state index is 11.4. The average Bonchev–Trinajstić information content (AvgIpc) is 2.32. The van der Waals surface area contributed by atoms with Gasteiger partial charge in [-0.3, -0.25) is 10.3 Å². The molecule has 0 saturated heterocycles. The largest absolute Gasteiger partial charge is 0.506 e. The van der Waals surface area contributed by atoms with E-state index >= 15 is 0 Å². The van der Waals surface area contributed by atoms with Crippen LogP contribution in [0.25, 0.3) is 0 Å². The molecular formula is C9H10Cl2N4O3. The van der Waals surface area contributed by atoms with Crippen molar-refractivity contribution in [3.8, 4) is 11.5 Å². The number of benzene rings is 1. The number of nitrogens with one attached hydrogen (secondary N) is 2. The molecule has 0 atom stereocenters. The summed E-state index contributed by atoms with van der Waals surface area (Å²) < 4.78 is 0. The minimum absolute atomic E-state index is 0.121. The zero-order valence-electron chi connectivity index (χ0n) is 9.16. The summed E-state index contributed by atoms with van der Waals surface area (Å²) in [6, 6.07) is 0.183. The summed E-state index contributed by atoms with van der Waals surface area (Å²) in [4.78, 5) is 15.0. The second-order valence-electron chi connectivity index (χ2n) is 3.11. The van der Waals surface area contributed by atoms with Gasteiger partial charge in [-0.1, -0.05) is 23.2 Å². The van der Waals surface area contributed by atoms with Crippen molar-refractivity contribution in [3.63, 3.8) is 0 Å². The molecule has 0 unspecified atom stereocenters. The molecule has 0 spiro atoms. The van der Waals surface area contributed by atoms with E-state index in [2.05, 4.69) is 15.6 Å². The SMILES string of the molecule is CN=C(N)NC(=O)Nc1c(Cl)c(O)cc(O)c1Cl. The van der Waals surface area contributed by atoms with E-state index in [1.54, 1.807) is 0 Å². The number of urea groups is 1. The van der Waals surface area contributed by atoms with Crippen molar-refractivity contribution in [1.82, 2.24) is 5.32 Å². The Morgan fingerprint density at radius 3 is 2.28 bits per heavy atom. The molecule has 1 aromatic carbocycles. The lowest BCUT2D eigenvalue weighted by Gasteiger charge is -2.12. The third-order valence-electron chi connectivity index (χ3n) is 1.88. The first-order valence-electron chi connectivity index (χ1n) is 4.57. The zero-order valence-corrected chi connectivity index (χ0v) is 10.7. The Labute approximate surface area is 112 Å². The van der Waals surface area contributed by atoms with Gasteiger partial charge in [0.1, 0.15) is 21.5 Å². The number of amides is 2. The summed E-state index contributed by atoms with van der Waals surface area (Å²) >= 11 is 11.5. The molecule has 0 radical (unpaired) electrons. The minimum atomic E-state index is -0.771. The first-order valence-corrected chi connectivity index (χ1v) is 5.32. The normalized spacial score (nSPS) is 11.2. The fourth-order valence-corrected chi connectivity index (χ4v) is 1.48. The maximum absolute atomic E-state index is 11.4. The van der Waals surface area contributed by atoms with Crippen LogP contribution in [0.3, 0.4) is 0 Å². The molecule has 6 N–H and O–H groups in total. The van der Waals surface area contributed by atoms with E-state index in [9.17, 15) is 15.0 Å². The maximum Gasteiger partial charge on any atom is 0.326 e. The topological polar surface area (TPSA) is 120 Å². The lowest BCUT2D eigenvalue weighted by molar-refractivity contribution is 0.256. The molecule has 0 aliphatic heterocycles. The van der Waals surface area contributed by atoms with E-state index in [1.165, 1.54) is 7.05 Å². The average molecular weight is 293 g/mol. The molecule has 1 aromatic rings. The van der Waals surface area contributed by atoms with Crippen molar-refractivity contribution in [2.24, 2.45) is 10.7 Å². The molecule has 18 heavy (non-hydrogen) atoms. The number of rotatable bonds is 1. The van der Waals surface area contributed by atoms with Gasteiger partial charge in [0.25, 0.3) is 0 Å². The molecule has 2 amide bonds. The highest BCUT2D eigenvalue weighted by atomic mass is 35.5. The Hall–Kier alpha value is -1.86. The Balaban J connectivity index is 3.01. The predicted octanol–water partition coefficient (Wildman–Crippen LogP) is 1.47. The number of nitrogens with two attached hydrogens (primary N) is 1. The molecule has 7 nitrogen and oxygen atoms in total. The number of anilines is 1. The highest BCUT2D eigenvalue weighted by Gasteiger charge is 2.17. The van der Waals surface area contributed by atoms with Crippen LogP contribution < -0.4 is 16.4 Å². The van der Waals surface area contributed by atoms with E-state index in [-0.39, 0.29) is 21.7 Å². The van der Waals surface area contributed by atoms with Crippen LogP contribution >= 0.6 is 23.2 Å². The summed E-state index contributed by atoms with van der Waals surface area (Å²) in [6.45, 7) is 0. The van der Waals surface area contributed by atoms with Gasteiger partial charge in [0.2, 0.25) is 0 Å². The fraction of sp³-hybridized carbons (Fsp3) is 0.111. The summed E-state index contributed by atoms with van der Waals surface area (Å²) in [6.07, 6.45) is 0. The molecule has 0 fully saturated rings. The number of aliphatic imine (C=N–C) groups is 1. The molecule has 0 aliphatic carbocycles. The molecule has 9 heteroatoms. The molecule has 0 bridgehead atoms. The van der Waals surface area contributed by atoms with Crippen molar-refractivity contribution in [3.05, 3.63) is 16.1 Å². The quantitative estimate of drug-likeness (QED) is 0.397. The molecule has 1 rings (SSSR count). The van der Waals surface area contributed by atoms with Crippen LogP contribution in [0.4, 0.5) is 10.5 Å². The van der Waals surface area contributed by atoms with Gasteiger partial charge < -0.3 is 21.3 Å². The fourth-order valence-electron chi connectivity index (χ4n) is 1.04. The standard InChI is InChI=1S/C9H10Cl2N4O3/c1-13-8(12)15-9(18)14-7-5(10)3(16)2-4(17)6(7)11/h2,16-17H,1H3,(H4,12,13,14,15,18). The van der Waals surface area contributed by atoms with Crippen molar-refractivity contribution in [2.45, 2.75) is 0 Å². The van der Waals surface area contributed by atoms with Gasteiger partial charge in [-0.05, 0) is 0 Å². The number of aromatic hydroxyl groups is 2. The summed E-state index contributed by atoms with van der Waals surface area (Å²) in [5, 5.41) is 22.7. The third kappa shape index (κ3) is 3.08. The second kappa shape index (κ2) is 5.65. The Bertz CT molecular complexity index is 493. The van der Waals surface area contributed by atoms with Gasteiger partial charge in [-0.15, -0.1) is 0 Å². The predicted molar refractivity (Wildman–Crippen MR) is 69.5 cm³/mol. The van der Waals surface area contributed by atoms with Gasteiger partial charge in [0.05, 0.1) is 5.69 Å². The lowest BCUT2D eigenvalue weighted by Crippen LogP contribution is -2.39. The number of hydrogen-bond donors (Lipinski definition) is 5. The van der Waals surface area contributed by atoms with Crippen LogP contribution in [0.2, 0.25) is 10.0 Å². The number of hydrogen-bond acceptors (Lipinski definition) is 4. The van der Waals surface area contributed by atoms with Crippen molar-refractivity contribution in [1.29, 1.82) is 0 Å². The highest BCUT2D eigenvalue weighted by molar-refractivity contribution is 6.41. The Morgan fingerprint density at radius 1 is 1.33 bits per heavy atom. The molecular weight excluding hydrogens is 283 g/mol. The van der Waals surface area contributed by atoms with Crippen molar-refractivity contribution >= 4 is 40.9 Å². The van der Waals surface area contributed by atoms with E-state index in [0.29, 0.717) is 0 Å². The van der Waals surface area contributed by atoms with E-state index < -0.39 is 17.5 Å². The lowest BCUT2D eigenvalue weighted by atomic mass is 10.2. The Kier molecular flexibility index (Phi) is 4.46. The van der Waals surface area contributed by atoms with Crippen molar-refractivity contribution in [2.75, 3.05) is 12.4 Å². The summed E-state index contributed by atoms with van der Waals surface area (Å²) in [7, 11) is 1.38. The first kappa shape index (κ1) is 14.2. The number of phenols is 2. The Morgan fingerprint density at radius 2 is 1.83 bits per heavy atom. The first-order chi connectivity index (χ1) is 8.36. The van der Waals surface area contributed by atoms with Gasteiger partial charge >= 0.3 is 6.03 Å². The smallest absolute Gasteiger partial charge is 0.326 e. The van der Waals surface area contributed by atoms with E-state index in [4.69, 9.17) is 28.9 Å². The number of phenolic OH excluding ortho intramolecular Hbond substituents is 2. The summed E-state index contributed by atoms with van der Waals surface area (Å²) in [5.41, 5.74) is 5.14. The monoisotopic (exact) mass is 292 g/mol.